The van der Waals surface area contributed by atoms with E-state index in [1.807, 2.05) is 42.2 Å². The molecular weight excluding hydrogens is 250 g/mol. The highest BCUT2D eigenvalue weighted by Gasteiger charge is 2.27. The van der Waals surface area contributed by atoms with Crippen LogP contribution in [0.15, 0.2) is 42.0 Å². The molecule has 0 amide bonds. The summed E-state index contributed by atoms with van der Waals surface area (Å²) in [4.78, 5) is 13.2. The highest BCUT2D eigenvalue weighted by atomic mass is 35.5. The number of carboxylic acids is 1. The van der Waals surface area contributed by atoms with Gasteiger partial charge in [0, 0.05) is 13.1 Å². The van der Waals surface area contributed by atoms with E-state index in [1.54, 1.807) is 0 Å². The Morgan fingerprint density at radius 1 is 1.39 bits per heavy atom. The minimum atomic E-state index is -0.728. The van der Waals surface area contributed by atoms with E-state index in [-0.39, 0.29) is 18.4 Å². The number of benzene rings is 1. The van der Waals surface area contributed by atoms with Crippen LogP contribution in [0.1, 0.15) is 18.9 Å². The summed E-state index contributed by atoms with van der Waals surface area (Å²) in [5.41, 5.74) is 2.33. The fourth-order valence-electron chi connectivity index (χ4n) is 2.15. The van der Waals surface area contributed by atoms with Crippen LogP contribution in [0.4, 0.5) is 0 Å². The fraction of sp³-hybridized carbons (Fsp3) is 0.357. The summed E-state index contributed by atoms with van der Waals surface area (Å²) in [6.45, 7) is 3.41. The molecule has 0 radical (unpaired) electrons. The Morgan fingerprint density at radius 2 is 2.06 bits per heavy atom. The lowest BCUT2D eigenvalue weighted by Gasteiger charge is -2.31. The molecule has 4 heteroatoms. The van der Waals surface area contributed by atoms with Crippen LogP contribution in [0.2, 0.25) is 0 Å². The first-order valence-electron chi connectivity index (χ1n) is 5.83. The first-order chi connectivity index (χ1) is 8.16. The molecule has 0 spiro atoms. The van der Waals surface area contributed by atoms with Gasteiger partial charge in [-0.25, -0.2) is 0 Å². The van der Waals surface area contributed by atoms with Crippen LogP contribution >= 0.6 is 12.4 Å². The Balaban J connectivity index is 0.00000162. The lowest BCUT2D eigenvalue weighted by molar-refractivity contribution is -0.143. The molecule has 1 heterocycles. The van der Waals surface area contributed by atoms with Crippen molar-refractivity contribution < 1.29 is 9.90 Å². The van der Waals surface area contributed by atoms with Crippen LogP contribution in [-0.4, -0.2) is 28.6 Å². The third-order valence-electron chi connectivity index (χ3n) is 3.14. The topological polar surface area (TPSA) is 40.5 Å². The Morgan fingerprint density at radius 3 is 2.67 bits per heavy atom. The van der Waals surface area contributed by atoms with E-state index < -0.39 is 5.97 Å². The fourth-order valence-corrected chi connectivity index (χ4v) is 2.15. The van der Waals surface area contributed by atoms with Gasteiger partial charge in [0.15, 0.2) is 0 Å². The third-order valence-corrected chi connectivity index (χ3v) is 3.14. The molecule has 3 nitrogen and oxygen atoms in total. The average molecular weight is 268 g/mol. The summed E-state index contributed by atoms with van der Waals surface area (Å²) in [5, 5.41) is 9.24. The van der Waals surface area contributed by atoms with Gasteiger partial charge in [0.05, 0.1) is 0 Å². The molecular formula is C14H18ClNO2. The van der Waals surface area contributed by atoms with Gasteiger partial charge in [-0.3, -0.25) is 9.69 Å². The molecule has 1 aromatic rings. The molecule has 1 N–H and O–H groups in total. The molecule has 98 valence electrons. The Hall–Kier alpha value is -1.32. The van der Waals surface area contributed by atoms with E-state index in [0.717, 1.165) is 12.1 Å². The van der Waals surface area contributed by atoms with E-state index in [2.05, 4.69) is 6.08 Å². The van der Waals surface area contributed by atoms with Crippen molar-refractivity contribution in [3.8, 4) is 0 Å². The Kier molecular flexibility index (Phi) is 5.38. The zero-order chi connectivity index (χ0) is 12.3. The van der Waals surface area contributed by atoms with Gasteiger partial charge in [0.25, 0.3) is 0 Å². The van der Waals surface area contributed by atoms with Crippen molar-refractivity contribution in [3.63, 3.8) is 0 Å². The summed E-state index contributed by atoms with van der Waals surface area (Å²) in [7, 11) is 0. The number of rotatable bonds is 3. The van der Waals surface area contributed by atoms with E-state index >= 15 is 0 Å². The van der Waals surface area contributed by atoms with Gasteiger partial charge in [-0.2, -0.15) is 0 Å². The first kappa shape index (κ1) is 14.7. The molecule has 0 fully saturated rings. The number of nitrogens with zero attached hydrogens (tertiary/aromatic N) is 1. The summed E-state index contributed by atoms with van der Waals surface area (Å²) in [5.74, 6) is -0.728. The zero-order valence-corrected chi connectivity index (χ0v) is 11.2. The summed E-state index contributed by atoms with van der Waals surface area (Å²) < 4.78 is 0. The molecule has 1 aliphatic rings. The van der Waals surface area contributed by atoms with Crippen LogP contribution in [0.25, 0.3) is 0 Å². The van der Waals surface area contributed by atoms with Crippen LogP contribution < -0.4 is 0 Å². The molecule has 0 unspecified atom stereocenters. The maximum atomic E-state index is 11.2. The van der Waals surface area contributed by atoms with Crippen LogP contribution in [0, 0.1) is 0 Å². The van der Waals surface area contributed by atoms with Crippen LogP contribution in [0.3, 0.4) is 0 Å². The summed E-state index contributed by atoms with van der Waals surface area (Å²) >= 11 is 0. The average Bonchev–Trinajstić information content (AvgIpc) is 2.32. The number of halogens is 1. The molecule has 0 saturated heterocycles. The second-order valence-corrected chi connectivity index (χ2v) is 4.52. The largest absolute Gasteiger partial charge is 0.480 e. The normalized spacial score (nSPS) is 19.8. The molecule has 1 aromatic carbocycles. The van der Waals surface area contributed by atoms with Gasteiger partial charge >= 0.3 is 5.97 Å². The smallest absolute Gasteiger partial charge is 0.321 e. The highest BCUT2D eigenvalue weighted by molar-refractivity contribution is 5.85. The van der Waals surface area contributed by atoms with Crippen molar-refractivity contribution in [3.05, 3.63) is 47.5 Å². The Labute approximate surface area is 114 Å². The monoisotopic (exact) mass is 267 g/mol. The second kappa shape index (κ2) is 6.57. The van der Waals surface area contributed by atoms with Crippen molar-refractivity contribution in [1.82, 2.24) is 4.90 Å². The Bertz CT molecular complexity index is 431. The maximum absolute atomic E-state index is 11.2. The predicted octanol–water partition coefficient (Wildman–Crippen LogP) is 2.71. The van der Waals surface area contributed by atoms with Crippen molar-refractivity contribution in [2.75, 3.05) is 6.54 Å². The predicted molar refractivity (Wildman–Crippen MR) is 73.9 cm³/mol. The van der Waals surface area contributed by atoms with Gasteiger partial charge in [-0.15, -0.1) is 12.4 Å². The molecule has 0 aliphatic carbocycles. The van der Waals surface area contributed by atoms with Crippen molar-refractivity contribution >= 4 is 18.4 Å². The highest BCUT2D eigenvalue weighted by Crippen LogP contribution is 2.20. The number of hydrogen-bond donors (Lipinski definition) is 1. The van der Waals surface area contributed by atoms with Crippen molar-refractivity contribution in [2.24, 2.45) is 0 Å². The van der Waals surface area contributed by atoms with Gasteiger partial charge in [0.1, 0.15) is 6.04 Å². The minimum absolute atomic E-state index is 0. The van der Waals surface area contributed by atoms with Crippen LogP contribution in [0.5, 0.6) is 0 Å². The second-order valence-electron chi connectivity index (χ2n) is 4.52. The lowest BCUT2D eigenvalue weighted by atomic mass is 10.0. The minimum Gasteiger partial charge on any atom is -0.480 e. The van der Waals surface area contributed by atoms with Gasteiger partial charge < -0.3 is 5.11 Å². The van der Waals surface area contributed by atoms with E-state index in [4.69, 9.17) is 0 Å². The van der Waals surface area contributed by atoms with Gasteiger partial charge in [-0.1, -0.05) is 42.0 Å². The van der Waals surface area contributed by atoms with E-state index in [9.17, 15) is 9.90 Å². The SMILES string of the molecule is CC1=CCN(Cc2ccccc2)[C@@H](C(=O)O)C1.Cl. The van der Waals surface area contributed by atoms with Gasteiger partial charge in [-0.05, 0) is 18.9 Å². The van der Waals surface area contributed by atoms with Crippen molar-refractivity contribution in [2.45, 2.75) is 25.9 Å². The summed E-state index contributed by atoms with van der Waals surface area (Å²) in [6, 6.07) is 9.61. The standard InChI is InChI=1S/C14H17NO2.ClH/c1-11-7-8-15(13(9-11)14(16)17)10-12-5-3-2-4-6-12;/h2-7,13H,8-10H2,1H3,(H,16,17);1H/t13-;/m1./s1. The van der Waals surface area contributed by atoms with Gasteiger partial charge in [0.2, 0.25) is 0 Å². The number of carboxylic acid groups (broad SMARTS) is 1. The molecule has 0 aromatic heterocycles. The number of aliphatic carboxylic acids is 1. The van der Waals surface area contributed by atoms with E-state index in [0.29, 0.717) is 13.0 Å². The van der Waals surface area contributed by atoms with Crippen LogP contribution in [-0.2, 0) is 11.3 Å². The third kappa shape index (κ3) is 3.59. The zero-order valence-electron chi connectivity index (χ0n) is 10.4. The molecule has 0 saturated carbocycles. The quantitative estimate of drug-likeness (QED) is 0.856. The lowest BCUT2D eigenvalue weighted by Crippen LogP contribution is -2.43. The number of hydrogen-bond acceptors (Lipinski definition) is 2. The first-order valence-corrected chi connectivity index (χ1v) is 5.83. The van der Waals surface area contributed by atoms with E-state index in [1.165, 1.54) is 5.57 Å². The molecule has 18 heavy (non-hydrogen) atoms. The molecule has 1 aliphatic heterocycles. The van der Waals surface area contributed by atoms with Crippen molar-refractivity contribution in [1.29, 1.82) is 0 Å². The number of carbonyl (C=O) groups is 1. The summed E-state index contributed by atoms with van der Waals surface area (Å²) in [6.07, 6.45) is 2.74. The molecule has 1 atom stereocenters. The molecule has 0 bridgehead atoms. The maximum Gasteiger partial charge on any atom is 0.321 e. The molecule has 2 rings (SSSR count).